The largest absolute Gasteiger partial charge is 0.458 e. The highest BCUT2D eigenvalue weighted by molar-refractivity contribution is 5.53. The minimum atomic E-state index is -6.23. The van der Waals surface area contributed by atoms with Crippen LogP contribution in [-0.2, 0) is 12.5 Å². The van der Waals surface area contributed by atoms with Crippen LogP contribution in [-0.4, -0.2) is 35.8 Å². The Kier molecular flexibility index (Phi) is 10.3. The molecule has 0 amide bonds. The van der Waals surface area contributed by atoms with Crippen molar-refractivity contribution in [2.24, 2.45) is 0 Å². The maximum absolute atomic E-state index is 13.9. The van der Waals surface area contributed by atoms with Gasteiger partial charge in [-0.3, -0.25) is 0 Å². The summed E-state index contributed by atoms with van der Waals surface area (Å²) < 4.78 is 153. The third-order valence-corrected chi connectivity index (χ3v) is 5.54. The standard InChI is InChI=1S/C25H18F11NO2.C2H6/c26-22(27,25(34,35)36)17-7-4-6-16(12-17)14-37(15-21(38,23(28,29)30)24(31,32)33)18-8-5-11-20(13-18)39-19-9-2-1-3-10-19;1-2/h1-13,38H,14-15H2;1-2H3. The molecule has 0 aliphatic heterocycles. The quantitative estimate of drug-likeness (QED) is 0.261. The molecule has 14 heteroatoms. The Hall–Kier alpha value is -3.55. The number of nitrogens with zero attached hydrogens (tertiary/aromatic N) is 1. The minimum absolute atomic E-state index is 0.0522. The van der Waals surface area contributed by atoms with Gasteiger partial charge in [0.2, 0.25) is 0 Å². The zero-order valence-corrected chi connectivity index (χ0v) is 21.4. The average molecular weight is 603 g/mol. The van der Waals surface area contributed by atoms with E-state index in [-0.39, 0.29) is 17.2 Å². The highest BCUT2D eigenvalue weighted by Crippen LogP contribution is 2.46. The average Bonchev–Trinajstić information content (AvgIpc) is 2.88. The fraction of sp³-hybridized carbons (Fsp3) is 0.333. The van der Waals surface area contributed by atoms with Crippen molar-refractivity contribution in [3.05, 3.63) is 90.0 Å². The Morgan fingerprint density at radius 2 is 1.17 bits per heavy atom. The lowest BCUT2D eigenvalue weighted by molar-refractivity contribution is -0.363. The Bertz CT molecular complexity index is 1240. The van der Waals surface area contributed by atoms with E-state index in [9.17, 15) is 53.4 Å². The van der Waals surface area contributed by atoms with E-state index in [1.54, 1.807) is 18.2 Å². The van der Waals surface area contributed by atoms with Gasteiger partial charge in [-0.15, -0.1) is 0 Å². The Morgan fingerprint density at radius 1 is 0.634 bits per heavy atom. The fourth-order valence-electron chi connectivity index (χ4n) is 3.47. The first-order valence-corrected chi connectivity index (χ1v) is 11.8. The van der Waals surface area contributed by atoms with Crippen LogP contribution >= 0.6 is 0 Å². The third kappa shape index (κ3) is 7.80. The molecule has 226 valence electrons. The fourth-order valence-corrected chi connectivity index (χ4v) is 3.47. The van der Waals surface area contributed by atoms with Gasteiger partial charge in [0.25, 0.3) is 5.60 Å². The van der Waals surface area contributed by atoms with Gasteiger partial charge in [-0.25, -0.2) is 0 Å². The lowest BCUT2D eigenvalue weighted by atomic mass is 10.00. The van der Waals surface area contributed by atoms with E-state index in [2.05, 4.69) is 0 Å². The predicted molar refractivity (Wildman–Crippen MR) is 129 cm³/mol. The van der Waals surface area contributed by atoms with Crippen LogP contribution in [0.3, 0.4) is 0 Å². The number of rotatable bonds is 8. The number of ether oxygens (including phenoxy) is 1. The van der Waals surface area contributed by atoms with Gasteiger partial charge in [0, 0.05) is 23.9 Å². The number of hydrogen-bond donors (Lipinski definition) is 1. The molecule has 0 saturated carbocycles. The van der Waals surface area contributed by atoms with Gasteiger partial charge in [-0.05, 0) is 35.9 Å². The van der Waals surface area contributed by atoms with Crippen LogP contribution in [0.15, 0.2) is 78.9 Å². The van der Waals surface area contributed by atoms with E-state index in [1.165, 1.54) is 24.3 Å². The van der Waals surface area contributed by atoms with Crippen LogP contribution in [0.25, 0.3) is 0 Å². The number of para-hydroxylation sites is 1. The molecule has 41 heavy (non-hydrogen) atoms. The summed E-state index contributed by atoms with van der Waals surface area (Å²) in [6.45, 7) is 0.805. The predicted octanol–water partition coefficient (Wildman–Crippen LogP) is 9.02. The van der Waals surface area contributed by atoms with Gasteiger partial charge in [0.1, 0.15) is 11.5 Å². The zero-order valence-electron chi connectivity index (χ0n) is 21.4. The molecule has 3 rings (SSSR count). The summed E-state index contributed by atoms with van der Waals surface area (Å²) in [7, 11) is 0. The Morgan fingerprint density at radius 3 is 1.71 bits per heavy atom. The van der Waals surface area contributed by atoms with Crippen molar-refractivity contribution in [2.75, 3.05) is 11.4 Å². The first kappa shape index (κ1) is 33.7. The molecule has 0 aromatic heterocycles. The molecule has 0 aliphatic carbocycles. The van der Waals surface area contributed by atoms with E-state index in [0.29, 0.717) is 17.0 Å². The molecule has 3 nitrogen and oxygen atoms in total. The van der Waals surface area contributed by atoms with Crippen molar-refractivity contribution < 1.29 is 58.1 Å². The molecule has 3 aromatic rings. The second kappa shape index (κ2) is 12.5. The maximum Gasteiger partial charge on any atom is 0.458 e. The number of halogens is 11. The molecule has 0 atom stereocenters. The normalized spacial score (nSPS) is 12.8. The van der Waals surface area contributed by atoms with Crippen molar-refractivity contribution in [1.29, 1.82) is 0 Å². The van der Waals surface area contributed by atoms with Crippen LogP contribution in [0.5, 0.6) is 11.5 Å². The maximum atomic E-state index is 13.9. The number of alkyl halides is 11. The SMILES string of the molecule is CC.OC(CN(Cc1cccc(C(F)(F)C(F)(F)F)c1)c1cccc(Oc2ccccc2)c1)(C(F)(F)F)C(F)(F)F. The number of benzene rings is 3. The number of aliphatic hydroxyl groups is 1. The topological polar surface area (TPSA) is 32.7 Å². The van der Waals surface area contributed by atoms with Gasteiger partial charge in [0.15, 0.2) is 0 Å². The number of anilines is 1. The lowest BCUT2D eigenvalue weighted by Gasteiger charge is -2.38. The first-order chi connectivity index (χ1) is 18.8. The summed E-state index contributed by atoms with van der Waals surface area (Å²) in [6, 6.07) is 14.8. The summed E-state index contributed by atoms with van der Waals surface area (Å²) in [5.41, 5.74) is -7.74. The molecule has 0 unspecified atom stereocenters. The molecule has 0 bridgehead atoms. The highest BCUT2D eigenvalue weighted by atomic mass is 19.4. The smallest absolute Gasteiger partial charge is 0.457 e. The molecule has 0 heterocycles. The van der Waals surface area contributed by atoms with Gasteiger partial charge in [-0.2, -0.15) is 48.3 Å². The van der Waals surface area contributed by atoms with Crippen molar-refractivity contribution in [1.82, 2.24) is 0 Å². The second-order valence-corrected chi connectivity index (χ2v) is 8.40. The molecule has 0 fully saturated rings. The minimum Gasteiger partial charge on any atom is -0.457 e. The number of hydrogen-bond acceptors (Lipinski definition) is 3. The summed E-state index contributed by atoms with van der Waals surface area (Å²) in [6.07, 6.45) is -18.5. The van der Waals surface area contributed by atoms with Crippen LogP contribution < -0.4 is 9.64 Å². The van der Waals surface area contributed by atoms with Crippen LogP contribution in [0.1, 0.15) is 25.0 Å². The molecule has 3 aromatic carbocycles. The third-order valence-electron chi connectivity index (χ3n) is 5.54. The first-order valence-electron chi connectivity index (χ1n) is 11.8. The lowest BCUT2D eigenvalue weighted by Crippen LogP contribution is -2.62. The van der Waals surface area contributed by atoms with E-state index in [0.717, 1.165) is 24.3 Å². The van der Waals surface area contributed by atoms with Gasteiger partial charge in [0.05, 0.1) is 6.54 Å². The van der Waals surface area contributed by atoms with Crippen molar-refractivity contribution in [2.45, 2.75) is 50.4 Å². The van der Waals surface area contributed by atoms with Crippen molar-refractivity contribution in [3.63, 3.8) is 0 Å². The van der Waals surface area contributed by atoms with E-state index >= 15 is 0 Å². The second-order valence-electron chi connectivity index (χ2n) is 8.40. The Balaban J connectivity index is 0.00000287. The monoisotopic (exact) mass is 603 g/mol. The summed E-state index contributed by atoms with van der Waals surface area (Å²) >= 11 is 0. The van der Waals surface area contributed by atoms with Gasteiger partial charge < -0.3 is 14.7 Å². The molecule has 0 spiro atoms. The van der Waals surface area contributed by atoms with E-state index < -0.39 is 54.3 Å². The van der Waals surface area contributed by atoms with Gasteiger partial charge in [-0.1, -0.05) is 56.3 Å². The molecular weight excluding hydrogens is 579 g/mol. The molecule has 0 saturated heterocycles. The van der Waals surface area contributed by atoms with Gasteiger partial charge >= 0.3 is 24.5 Å². The molecule has 1 N–H and O–H groups in total. The van der Waals surface area contributed by atoms with E-state index in [4.69, 9.17) is 4.74 Å². The highest BCUT2D eigenvalue weighted by Gasteiger charge is 2.71. The summed E-state index contributed by atoms with van der Waals surface area (Å²) in [5.74, 6) is -5.15. The van der Waals surface area contributed by atoms with Crippen LogP contribution in [0.2, 0.25) is 0 Å². The van der Waals surface area contributed by atoms with E-state index in [1.807, 2.05) is 13.8 Å². The molecule has 0 radical (unpaired) electrons. The zero-order chi connectivity index (χ0) is 31.3. The summed E-state index contributed by atoms with van der Waals surface area (Å²) in [5, 5.41) is 9.80. The molecule has 0 aliphatic rings. The molecular formula is C27H24F11NO2. The van der Waals surface area contributed by atoms with Crippen molar-refractivity contribution >= 4 is 5.69 Å². The van der Waals surface area contributed by atoms with Crippen LogP contribution in [0, 0.1) is 0 Å². The Labute approximate surface area is 227 Å². The van der Waals surface area contributed by atoms with Crippen molar-refractivity contribution in [3.8, 4) is 11.5 Å². The summed E-state index contributed by atoms with van der Waals surface area (Å²) in [4.78, 5) is 0.351. The van der Waals surface area contributed by atoms with Crippen LogP contribution in [0.4, 0.5) is 54.0 Å².